The highest BCUT2D eigenvalue weighted by atomic mass is 35.5. The summed E-state index contributed by atoms with van der Waals surface area (Å²) in [6.07, 6.45) is 3.37. The van der Waals surface area contributed by atoms with E-state index in [-0.39, 0.29) is 18.3 Å². The molecule has 8 nitrogen and oxygen atoms in total. The maximum atomic E-state index is 12.7. The van der Waals surface area contributed by atoms with Gasteiger partial charge < -0.3 is 15.2 Å². The van der Waals surface area contributed by atoms with E-state index in [4.69, 9.17) is 4.52 Å². The van der Waals surface area contributed by atoms with Gasteiger partial charge in [0.15, 0.2) is 0 Å². The van der Waals surface area contributed by atoms with Crippen LogP contribution in [0.4, 0.5) is 5.69 Å². The molecule has 0 bridgehead atoms. The van der Waals surface area contributed by atoms with E-state index in [0.717, 1.165) is 16.8 Å². The lowest BCUT2D eigenvalue weighted by Gasteiger charge is -2.09. The summed E-state index contributed by atoms with van der Waals surface area (Å²) in [6, 6.07) is 11.2. The van der Waals surface area contributed by atoms with Gasteiger partial charge in [-0.1, -0.05) is 23.4 Å². The molecule has 144 valence electrons. The molecule has 1 aromatic carbocycles. The minimum Gasteiger partial charge on any atom is -0.338 e. The molecule has 2 N–H and O–H groups in total. The second kappa shape index (κ2) is 8.20. The molecule has 0 fully saturated rings. The molecule has 0 unspecified atom stereocenters. The average molecular weight is 399 g/mol. The number of nitrogens with zero attached hydrogens (tertiary/aromatic N) is 4. The number of amides is 1. The van der Waals surface area contributed by atoms with Crippen molar-refractivity contribution in [1.29, 1.82) is 0 Å². The standard InChI is InChI=1S/C19H18N6O2.ClH/c1-12-6-7-13(18-23-17(11-20-2)27-24-18)9-14(12)22-19(26)15-10-21-16-5-3-4-8-25(15)16;/h3-10,20H,11H2,1-2H3,(H,22,26);1H. The molecular formula is C19H19ClN6O2. The lowest BCUT2D eigenvalue weighted by atomic mass is 10.1. The van der Waals surface area contributed by atoms with Crippen molar-refractivity contribution in [3.63, 3.8) is 0 Å². The fourth-order valence-electron chi connectivity index (χ4n) is 2.78. The van der Waals surface area contributed by atoms with E-state index < -0.39 is 0 Å². The summed E-state index contributed by atoms with van der Waals surface area (Å²) < 4.78 is 6.94. The molecule has 4 aromatic rings. The van der Waals surface area contributed by atoms with E-state index in [0.29, 0.717) is 29.6 Å². The van der Waals surface area contributed by atoms with Crippen molar-refractivity contribution < 1.29 is 9.32 Å². The first-order valence-electron chi connectivity index (χ1n) is 8.47. The number of nitrogens with one attached hydrogen (secondary N) is 2. The average Bonchev–Trinajstić information content (AvgIpc) is 3.31. The number of benzene rings is 1. The number of aryl methyl sites for hydroxylation is 1. The van der Waals surface area contributed by atoms with E-state index >= 15 is 0 Å². The maximum Gasteiger partial charge on any atom is 0.274 e. The van der Waals surface area contributed by atoms with Gasteiger partial charge in [0.2, 0.25) is 11.7 Å². The van der Waals surface area contributed by atoms with Gasteiger partial charge in [0.05, 0.1) is 12.7 Å². The maximum absolute atomic E-state index is 12.7. The number of imidazole rings is 1. The van der Waals surface area contributed by atoms with Gasteiger partial charge in [0, 0.05) is 17.4 Å². The zero-order valence-corrected chi connectivity index (χ0v) is 16.2. The Morgan fingerprint density at radius 3 is 2.93 bits per heavy atom. The number of hydrogen-bond acceptors (Lipinski definition) is 6. The smallest absolute Gasteiger partial charge is 0.274 e. The van der Waals surface area contributed by atoms with Crippen LogP contribution >= 0.6 is 12.4 Å². The van der Waals surface area contributed by atoms with E-state index in [9.17, 15) is 4.79 Å². The number of rotatable bonds is 5. The highest BCUT2D eigenvalue weighted by Gasteiger charge is 2.15. The summed E-state index contributed by atoms with van der Waals surface area (Å²) in [4.78, 5) is 21.3. The van der Waals surface area contributed by atoms with Crippen molar-refractivity contribution in [2.45, 2.75) is 13.5 Å². The van der Waals surface area contributed by atoms with E-state index in [2.05, 4.69) is 25.8 Å². The third kappa shape index (κ3) is 3.73. The molecule has 3 heterocycles. The molecule has 1 amide bonds. The van der Waals surface area contributed by atoms with Gasteiger partial charge in [-0.2, -0.15) is 4.98 Å². The van der Waals surface area contributed by atoms with Crippen molar-refractivity contribution in [1.82, 2.24) is 24.8 Å². The van der Waals surface area contributed by atoms with E-state index in [1.165, 1.54) is 0 Å². The van der Waals surface area contributed by atoms with Crippen LogP contribution in [-0.4, -0.2) is 32.5 Å². The molecule has 0 saturated carbocycles. The molecule has 0 aliphatic carbocycles. The quantitative estimate of drug-likeness (QED) is 0.536. The lowest BCUT2D eigenvalue weighted by Crippen LogP contribution is -2.15. The van der Waals surface area contributed by atoms with Crippen molar-refractivity contribution in [2.24, 2.45) is 0 Å². The van der Waals surface area contributed by atoms with Crippen LogP contribution in [0.2, 0.25) is 0 Å². The highest BCUT2D eigenvalue weighted by Crippen LogP contribution is 2.24. The van der Waals surface area contributed by atoms with Gasteiger partial charge in [-0.3, -0.25) is 9.20 Å². The predicted molar refractivity (Wildman–Crippen MR) is 108 cm³/mol. The summed E-state index contributed by atoms with van der Waals surface area (Å²) in [5.74, 6) is 0.743. The molecule has 0 aliphatic heterocycles. The fourth-order valence-corrected chi connectivity index (χ4v) is 2.78. The number of aromatic nitrogens is 4. The minimum atomic E-state index is -0.238. The second-order valence-corrected chi connectivity index (χ2v) is 6.10. The molecule has 0 spiro atoms. The van der Waals surface area contributed by atoms with Gasteiger partial charge in [-0.25, -0.2) is 4.98 Å². The van der Waals surface area contributed by atoms with Gasteiger partial charge in [-0.05, 0) is 37.7 Å². The van der Waals surface area contributed by atoms with Crippen molar-refractivity contribution >= 4 is 29.6 Å². The number of fused-ring (bicyclic) bond motifs is 1. The van der Waals surface area contributed by atoms with Crippen LogP contribution in [0.3, 0.4) is 0 Å². The summed E-state index contributed by atoms with van der Waals surface area (Å²) in [7, 11) is 1.81. The summed E-state index contributed by atoms with van der Waals surface area (Å²) in [5, 5.41) is 9.91. The fraction of sp³-hybridized carbons (Fsp3) is 0.158. The molecule has 0 aliphatic rings. The largest absolute Gasteiger partial charge is 0.338 e. The zero-order valence-electron chi connectivity index (χ0n) is 15.3. The minimum absolute atomic E-state index is 0. The van der Waals surface area contributed by atoms with E-state index in [1.54, 1.807) is 10.6 Å². The SMILES string of the molecule is CNCc1nc(-c2ccc(C)c(NC(=O)c3cnc4ccccn34)c2)no1.Cl. The van der Waals surface area contributed by atoms with Crippen LogP contribution in [0.25, 0.3) is 17.0 Å². The number of pyridine rings is 1. The molecule has 3 aromatic heterocycles. The van der Waals surface area contributed by atoms with Crippen LogP contribution in [0.5, 0.6) is 0 Å². The Kier molecular flexibility index (Phi) is 5.72. The van der Waals surface area contributed by atoms with Crippen molar-refractivity contribution in [3.8, 4) is 11.4 Å². The van der Waals surface area contributed by atoms with Gasteiger partial charge in [-0.15, -0.1) is 12.4 Å². The molecule has 9 heteroatoms. The van der Waals surface area contributed by atoms with Crippen LogP contribution in [0.15, 0.2) is 53.3 Å². The van der Waals surface area contributed by atoms with Crippen molar-refractivity contribution in [3.05, 3.63) is 65.9 Å². The second-order valence-electron chi connectivity index (χ2n) is 6.10. The monoisotopic (exact) mass is 398 g/mol. The lowest BCUT2D eigenvalue weighted by molar-refractivity contribution is 0.102. The normalized spacial score (nSPS) is 10.6. The molecule has 0 atom stereocenters. The summed E-state index contributed by atoms with van der Waals surface area (Å²) >= 11 is 0. The van der Waals surface area contributed by atoms with Crippen LogP contribution in [0, 0.1) is 6.92 Å². The first-order chi connectivity index (χ1) is 13.2. The first-order valence-corrected chi connectivity index (χ1v) is 8.47. The number of carbonyl (C=O) groups excluding carboxylic acids is 1. The molecule has 4 rings (SSSR count). The molecule has 0 saturated heterocycles. The van der Waals surface area contributed by atoms with Crippen LogP contribution < -0.4 is 10.6 Å². The Morgan fingerprint density at radius 1 is 1.25 bits per heavy atom. The Hall–Kier alpha value is -3.23. The number of hydrogen-bond donors (Lipinski definition) is 2. The molecule has 28 heavy (non-hydrogen) atoms. The topological polar surface area (TPSA) is 97.3 Å². The predicted octanol–water partition coefficient (Wildman–Crippen LogP) is 3.09. The molecule has 0 radical (unpaired) electrons. The number of halogens is 1. The third-order valence-corrected chi connectivity index (χ3v) is 4.19. The number of anilines is 1. The first kappa shape index (κ1) is 19.5. The highest BCUT2D eigenvalue weighted by molar-refractivity contribution is 6.04. The van der Waals surface area contributed by atoms with Crippen LogP contribution in [0.1, 0.15) is 21.9 Å². The van der Waals surface area contributed by atoms with Crippen LogP contribution in [-0.2, 0) is 6.54 Å². The van der Waals surface area contributed by atoms with E-state index in [1.807, 2.05) is 56.6 Å². The Balaban J connectivity index is 0.00000225. The Bertz CT molecular complexity index is 1120. The molecular weight excluding hydrogens is 380 g/mol. The Morgan fingerprint density at radius 2 is 2.11 bits per heavy atom. The third-order valence-electron chi connectivity index (χ3n) is 4.19. The zero-order chi connectivity index (χ0) is 18.8. The number of carbonyl (C=O) groups is 1. The van der Waals surface area contributed by atoms with Crippen molar-refractivity contribution in [2.75, 3.05) is 12.4 Å². The Labute approximate surface area is 167 Å². The van der Waals surface area contributed by atoms with Gasteiger partial charge in [0.1, 0.15) is 11.3 Å². The van der Waals surface area contributed by atoms with Gasteiger partial charge >= 0.3 is 0 Å². The van der Waals surface area contributed by atoms with Gasteiger partial charge in [0.25, 0.3) is 5.91 Å². The summed E-state index contributed by atoms with van der Waals surface area (Å²) in [5.41, 5.74) is 3.56. The summed E-state index contributed by atoms with van der Waals surface area (Å²) in [6.45, 7) is 2.42.